The van der Waals surface area contributed by atoms with Gasteiger partial charge in [-0.1, -0.05) is 18.2 Å². The SMILES string of the molecule is C[C@H](NCc1ccc(OCc2nccn2C)cc1)c1cccnc1. The molecule has 3 aromatic rings. The highest BCUT2D eigenvalue weighted by molar-refractivity contribution is 5.27. The maximum atomic E-state index is 5.77. The summed E-state index contributed by atoms with van der Waals surface area (Å²) in [7, 11) is 1.96. The number of pyridine rings is 1. The molecule has 0 saturated carbocycles. The minimum absolute atomic E-state index is 0.262. The number of aryl methyl sites for hydroxylation is 1. The first-order valence-electron chi connectivity index (χ1n) is 8.03. The van der Waals surface area contributed by atoms with Gasteiger partial charge in [-0.25, -0.2) is 4.98 Å². The van der Waals surface area contributed by atoms with E-state index in [9.17, 15) is 0 Å². The molecule has 1 N–H and O–H groups in total. The number of hydrogen-bond donors (Lipinski definition) is 1. The molecule has 2 heterocycles. The molecule has 124 valence electrons. The normalized spacial score (nSPS) is 12.1. The number of imidazole rings is 1. The highest BCUT2D eigenvalue weighted by Crippen LogP contribution is 2.15. The van der Waals surface area contributed by atoms with Gasteiger partial charge < -0.3 is 14.6 Å². The van der Waals surface area contributed by atoms with Crippen LogP contribution in [0.5, 0.6) is 5.75 Å². The third kappa shape index (κ3) is 4.20. The van der Waals surface area contributed by atoms with Crippen LogP contribution in [0.2, 0.25) is 0 Å². The lowest BCUT2D eigenvalue weighted by atomic mass is 10.1. The van der Waals surface area contributed by atoms with E-state index in [0.29, 0.717) is 6.61 Å². The van der Waals surface area contributed by atoms with Gasteiger partial charge in [0.2, 0.25) is 0 Å². The van der Waals surface area contributed by atoms with Crippen LogP contribution in [0.3, 0.4) is 0 Å². The molecular weight excluding hydrogens is 300 g/mol. The summed E-state index contributed by atoms with van der Waals surface area (Å²) in [5.41, 5.74) is 2.41. The third-order valence-corrected chi connectivity index (χ3v) is 4.01. The molecule has 0 unspecified atom stereocenters. The highest BCUT2D eigenvalue weighted by atomic mass is 16.5. The third-order valence-electron chi connectivity index (χ3n) is 4.01. The molecule has 0 aliphatic rings. The second-order valence-corrected chi connectivity index (χ2v) is 5.78. The van der Waals surface area contributed by atoms with Crippen LogP contribution in [0.4, 0.5) is 0 Å². The van der Waals surface area contributed by atoms with E-state index in [1.165, 1.54) is 11.1 Å². The van der Waals surface area contributed by atoms with Gasteiger partial charge >= 0.3 is 0 Å². The first-order chi connectivity index (χ1) is 11.7. The first kappa shape index (κ1) is 16.2. The molecule has 0 saturated heterocycles. The van der Waals surface area contributed by atoms with Crippen molar-refractivity contribution in [1.82, 2.24) is 19.9 Å². The fourth-order valence-corrected chi connectivity index (χ4v) is 2.41. The summed E-state index contributed by atoms with van der Waals surface area (Å²) in [6.45, 7) is 3.41. The topological polar surface area (TPSA) is 52.0 Å². The molecule has 0 amide bonds. The molecule has 1 atom stereocenters. The van der Waals surface area contributed by atoms with Crippen LogP contribution < -0.4 is 10.1 Å². The van der Waals surface area contributed by atoms with E-state index >= 15 is 0 Å². The molecular formula is C19H22N4O. The Bertz CT molecular complexity index is 753. The van der Waals surface area contributed by atoms with Crippen LogP contribution in [-0.2, 0) is 20.2 Å². The molecule has 0 fully saturated rings. The second kappa shape index (κ2) is 7.75. The van der Waals surface area contributed by atoms with Gasteiger partial charge in [0.25, 0.3) is 0 Å². The molecule has 0 aliphatic heterocycles. The Morgan fingerprint density at radius 2 is 2.00 bits per heavy atom. The van der Waals surface area contributed by atoms with E-state index in [4.69, 9.17) is 4.74 Å². The fourth-order valence-electron chi connectivity index (χ4n) is 2.41. The van der Waals surface area contributed by atoms with Crippen LogP contribution >= 0.6 is 0 Å². The monoisotopic (exact) mass is 322 g/mol. The number of ether oxygens (including phenoxy) is 1. The van der Waals surface area contributed by atoms with E-state index in [1.807, 2.05) is 42.2 Å². The zero-order valence-corrected chi connectivity index (χ0v) is 14.0. The number of nitrogens with zero attached hydrogens (tertiary/aromatic N) is 3. The van der Waals surface area contributed by atoms with Crippen LogP contribution in [0, 0.1) is 0 Å². The molecule has 0 aliphatic carbocycles. The first-order valence-corrected chi connectivity index (χ1v) is 8.03. The van der Waals surface area contributed by atoms with Gasteiger partial charge in [-0.05, 0) is 36.2 Å². The Kier molecular flexibility index (Phi) is 5.23. The van der Waals surface area contributed by atoms with E-state index in [2.05, 4.69) is 40.4 Å². The molecule has 0 radical (unpaired) electrons. The number of benzene rings is 1. The Hall–Kier alpha value is -2.66. The summed E-state index contributed by atoms with van der Waals surface area (Å²) < 4.78 is 7.73. The minimum Gasteiger partial charge on any atom is -0.486 e. The summed E-state index contributed by atoms with van der Waals surface area (Å²) in [6.07, 6.45) is 7.37. The predicted molar refractivity (Wildman–Crippen MR) is 93.5 cm³/mol. The quantitative estimate of drug-likeness (QED) is 0.725. The maximum Gasteiger partial charge on any atom is 0.146 e. The van der Waals surface area contributed by atoms with Gasteiger partial charge in [0, 0.05) is 44.4 Å². The summed E-state index contributed by atoms with van der Waals surface area (Å²) in [5, 5.41) is 3.50. The molecule has 2 aromatic heterocycles. The van der Waals surface area contributed by atoms with Crippen LogP contribution in [0.25, 0.3) is 0 Å². The minimum atomic E-state index is 0.262. The van der Waals surface area contributed by atoms with Crippen LogP contribution in [0.1, 0.15) is 29.9 Å². The highest BCUT2D eigenvalue weighted by Gasteiger charge is 2.05. The lowest BCUT2D eigenvalue weighted by Gasteiger charge is -2.14. The Balaban J connectivity index is 1.50. The van der Waals surface area contributed by atoms with Crippen LogP contribution in [0.15, 0.2) is 61.2 Å². The van der Waals surface area contributed by atoms with Crippen molar-refractivity contribution in [3.8, 4) is 5.75 Å². The molecule has 0 bridgehead atoms. The molecule has 24 heavy (non-hydrogen) atoms. The van der Waals surface area contributed by atoms with Crippen molar-refractivity contribution in [1.29, 1.82) is 0 Å². The Labute approximate surface area is 142 Å². The molecule has 5 nitrogen and oxygen atoms in total. The number of rotatable bonds is 7. The van der Waals surface area contributed by atoms with E-state index in [0.717, 1.165) is 18.1 Å². The Morgan fingerprint density at radius 3 is 2.67 bits per heavy atom. The zero-order valence-electron chi connectivity index (χ0n) is 14.0. The van der Waals surface area contributed by atoms with E-state index in [1.54, 1.807) is 12.4 Å². The van der Waals surface area contributed by atoms with E-state index < -0.39 is 0 Å². The van der Waals surface area contributed by atoms with Crippen LogP contribution in [-0.4, -0.2) is 14.5 Å². The summed E-state index contributed by atoms with van der Waals surface area (Å²) in [6, 6.07) is 12.5. The van der Waals surface area contributed by atoms with Gasteiger partial charge in [0.15, 0.2) is 0 Å². The van der Waals surface area contributed by atoms with Crippen molar-refractivity contribution in [2.75, 3.05) is 0 Å². The maximum absolute atomic E-state index is 5.77. The number of aromatic nitrogens is 3. The number of nitrogens with one attached hydrogen (secondary N) is 1. The van der Waals surface area contributed by atoms with Gasteiger partial charge in [0.05, 0.1) is 0 Å². The van der Waals surface area contributed by atoms with Crippen molar-refractivity contribution in [3.05, 3.63) is 78.1 Å². The number of hydrogen-bond acceptors (Lipinski definition) is 4. The molecule has 0 spiro atoms. The second-order valence-electron chi connectivity index (χ2n) is 5.78. The van der Waals surface area contributed by atoms with Gasteiger partial charge in [0.1, 0.15) is 18.2 Å². The van der Waals surface area contributed by atoms with Crippen molar-refractivity contribution >= 4 is 0 Å². The van der Waals surface area contributed by atoms with Crippen molar-refractivity contribution in [2.45, 2.75) is 26.1 Å². The van der Waals surface area contributed by atoms with E-state index in [-0.39, 0.29) is 6.04 Å². The summed E-state index contributed by atoms with van der Waals surface area (Å²) in [4.78, 5) is 8.41. The fraction of sp³-hybridized carbons (Fsp3) is 0.263. The van der Waals surface area contributed by atoms with Crippen molar-refractivity contribution in [3.63, 3.8) is 0 Å². The molecule has 5 heteroatoms. The van der Waals surface area contributed by atoms with Gasteiger partial charge in [-0.2, -0.15) is 0 Å². The zero-order chi connectivity index (χ0) is 16.8. The average Bonchev–Trinajstić information content (AvgIpc) is 3.04. The summed E-state index contributed by atoms with van der Waals surface area (Å²) in [5.74, 6) is 1.76. The average molecular weight is 322 g/mol. The van der Waals surface area contributed by atoms with Crippen molar-refractivity contribution in [2.24, 2.45) is 7.05 Å². The Morgan fingerprint density at radius 1 is 1.17 bits per heavy atom. The van der Waals surface area contributed by atoms with Crippen molar-refractivity contribution < 1.29 is 4.74 Å². The van der Waals surface area contributed by atoms with Gasteiger partial charge in [-0.3, -0.25) is 4.98 Å². The lowest BCUT2D eigenvalue weighted by molar-refractivity contribution is 0.291. The molecule has 3 rings (SSSR count). The standard InChI is InChI=1S/C19H22N4O/c1-15(17-4-3-9-20-13-17)22-12-16-5-7-18(8-6-16)24-14-19-21-10-11-23(19)2/h3-11,13,15,22H,12,14H2,1-2H3/t15-/m0/s1. The largest absolute Gasteiger partial charge is 0.486 e. The molecule has 1 aromatic carbocycles. The predicted octanol–water partition coefficient (Wildman–Crippen LogP) is 3.24. The smallest absolute Gasteiger partial charge is 0.146 e. The van der Waals surface area contributed by atoms with Gasteiger partial charge in [-0.15, -0.1) is 0 Å². The lowest BCUT2D eigenvalue weighted by Crippen LogP contribution is -2.18. The summed E-state index contributed by atoms with van der Waals surface area (Å²) >= 11 is 0.